The summed E-state index contributed by atoms with van der Waals surface area (Å²) < 4.78 is 0. The molecule has 28 heavy (non-hydrogen) atoms. The van der Waals surface area contributed by atoms with Gasteiger partial charge in [0.25, 0.3) is 5.91 Å². The zero-order valence-corrected chi connectivity index (χ0v) is 17.3. The maximum atomic E-state index is 13.1. The number of hydrogen-bond acceptors (Lipinski definition) is 3. The number of benzene rings is 1. The van der Waals surface area contributed by atoms with Crippen molar-refractivity contribution in [1.82, 2.24) is 5.32 Å². The number of carbonyl (C=O) groups is 2. The minimum atomic E-state index is -0.00381. The van der Waals surface area contributed by atoms with Gasteiger partial charge in [-0.1, -0.05) is 39.0 Å². The minimum absolute atomic E-state index is 0.00381. The Morgan fingerprint density at radius 1 is 1.04 bits per heavy atom. The first kappa shape index (κ1) is 20.7. The van der Waals surface area contributed by atoms with Gasteiger partial charge in [-0.15, -0.1) is 0 Å². The fourth-order valence-electron chi connectivity index (χ4n) is 4.30. The third kappa shape index (κ3) is 5.73. The van der Waals surface area contributed by atoms with Crippen LogP contribution < -0.4 is 15.5 Å². The third-order valence-electron chi connectivity index (χ3n) is 5.92. The van der Waals surface area contributed by atoms with Gasteiger partial charge in [-0.25, -0.2) is 0 Å². The fraction of sp³-hybridized carbons (Fsp3) is 0.652. The summed E-state index contributed by atoms with van der Waals surface area (Å²) >= 11 is 0. The van der Waals surface area contributed by atoms with Crippen LogP contribution in [0.15, 0.2) is 18.2 Å². The molecular weight excluding hydrogens is 350 g/mol. The van der Waals surface area contributed by atoms with Crippen LogP contribution in [0.1, 0.15) is 87.9 Å². The van der Waals surface area contributed by atoms with E-state index in [-0.39, 0.29) is 17.9 Å². The summed E-state index contributed by atoms with van der Waals surface area (Å²) in [6.07, 6.45) is 11.7. The molecule has 1 aromatic carbocycles. The van der Waals surface area contributed by atoms with Gasteiger partial charge in [-0.2, -0.15) is 0 Å². The first-order valence-electron chi connectivity index (χ1n) is 11.2. The number of hydrogen-bond donors (Lipinski definition) is 2. The summed E-state index contributed by atoms with van der Waals surface area (Å²) in [7, 11) is 0. The van der Waals surface area contributed by atoms with Gasteiger partial charge in [0.1, 0.15) is 0 Å². The number of nitrogens with one attached hydrogen (secondary N) is 2. The molecule has 0 unspecified atom stereocenters. The summed E-state index contributed by atoms with van der Waals surface area (Å²) in [5, 5.41) is 6.22. The quantitative estimate of drug-likeness (QED) is 0.628. The van der Waals surface area contributed by atoms with E-state index >= 15 is 0 Å². The molecule has 5 heteroatoms. The lowest BCUT2D eigenvalue weighted by Gasteiger charge is -2.25. The van der Waals surface area contributed by atoms with Crippen LogP contribution in [0.4, 0.5) is 11.4 Å². The van der Waals surface area contributed by atoms with Crippen molar-refractivity contribution in [2.45, 2.75) is 83.6 Å². The van der Waals surface area contributed by atoms with Crippen LogP contribution in [-0.4, -0.2) is 30.9 Å². The van der Waals surface area contributed by atoms with Gasteiger partial charge in [0.15, 0.2) is 0 Å². The van der Waals surface area contributed by atoms with Gasteiger partial charge in [-0.05, 0) is 50.3 Å². The maximum absolute atomic E-state index is 13.1. The highest BCUT2D eigenvalue weighted by molar-refractivity contribution is 6.02. The van der Waals surface area contributed by atoms with Crippen molar-refractivity contribution in [3.05, 3.63) is 23.8 Å². The molecule has 1 aromatic rings. The lowest BCUT2D eigenvalue weighted by molar-refractivity contribution is -0.116. The van der Waals surface area contributed by atoms with Crippen LogP contribution in [0.3, 0.4) is 0 Å². The highest BCUT2D eigenvalue weighted by Gasteiger charge is 2.23. The largest absolute Gasteiger partial charge is 0.371 e. The Balaban J connectivity index is 1.73. The molecule has 2 N–H and O–H groups in total. The molecule has 0 atom stereocenters. The van der Waals surface area contributed by atoms with Crippen molar-refractivity contribution in [2.75, 3.05) is 23.3 Å². The average molecular weight is 386 g/mol. The van der Waals surface area contributed by atoms with Gasteiger partial charge in [-0.3, -0.25) is 9.59 Å². The predicted octanol–water partition coefficient (Wildman–Crippen LogP) is 4.87. The molecule has 0 bridgehead atoms. The Morgan fingerprint density at radius 3 is 2.50 bits per heavy atom. The second-order valence-electron chi connectivity index (χ2n) is 8.24. The summed E-state index contributed by atoms with van der Waals surface area (Å²) in [5.74, 6) is 0.0249. The number of nitrogens with zero attached hydrogens (tertiary/aromatic N) is 1. The molecule has 1 saturated carbocycles. The molecule has 3 rings (SSSR count). The molecule has 1 heterocycles. The van der Waals surface area contributed by atoms with Gasteiger partial charge in [0.2, 0.25) is 5.91 Å². The van der Waals surface area contributed by atoms with E-state index in [1.54, 1.807) is 0 Å². The zero-order chi connectivity index (χ0) is 19.8. The molecule has 5 nitrogen and oxygen atoms in total. The molecule has 1 saturated heterocycles. The first-order chi connectivity index (χ1) is 13.7. The summed E-state index contributed by atoms with van der Waals surface area (Å²) in [4.78, 5) is 27.6. The number of carbonyl (C=O) groups excluding carboxylic acids is 2. The molecule has 0 spiro atoms. The van der Waals surface area contributed by atoms with Crippen molar-refractivity contribution >= 4 is 23.2 Å². The van der Waals surface area contributed by atoms with E-state index < -0.39 is 0 Å². The Labute approximate surface area is 169 Å². The topological polar surface area (TPSA) is 61.4 Å². The van der Waals surface area contributed by atoms with Crippen molar-refractivity contribution < 1.29 is 9.59 Å². The number of unbranched alkanes of at least 4 members (excludes halogenated alkanes) is 2. The maximum Gasteiger partial charge on any atom is 0.253 e. The fourth-order valence-corrected chi connectivity index (χ4v) is 4.30. The van der Waals surface area contributed by atoms with Gasteiger partial charge in [0, 0.05) is 36.9 Å². The number of rotatable bonds is 8. The Hall–Kier alpha value is -2.04. The standard InChI is InChI=1S/C23H35N3O2/c1-2-3-5-12-22(27)24-19-13-14-21(26-15-8-9-16-26)20(17-19)23(28)25-18-10-6-4-7-11-18/h13-14,17-18H,2-12,15-16H2,1H3,(H,24,27)(H,25,28). The van der Waals surface area contributed by atoms with E-state index in [2.05, 4.69) is 22.5 Å². The molecule has 2 aliphatic rings. The molecule has 1 aliphatic carbocycles. The van der Waals surface area contributed by atoms with Crippen LogP contribution in [-0.2, 0) is 4.79 Å². The van der Waals surface area contributed by atoms with Crippen LogP contribution in [0.25, 0.3) is 0 Å². The average Bonchev–Trinajstić information content (AvgIpc) is 3.23. The van der Waals surface area contributed by atoms with Gasteiger partial charge < -0.3 is 15.5 Å². The van der Waals surface area contributed by atoms with Crippen molar-refractivity contribution in [3.63, 3.8) is 0 Å². The van der Waals surface area contributed by atoms with E-state index in [1.807, 2.05) is 18.2 Å². The third-order valence-corrected chi connectivity index (χ3v) is 5.92. The Kier molecular flexibility index (Phi) is 7.75. The highest BCUT2D eigenvalue weighted by atomic mass is 16.2. The monoisotopic (exact) mass is 385 g/mol. The van der Waals surface area contributed by atoms with Crippen LogP contribution in [0.5, 0.6) is 0 Å². The molecule has 154 valence electrons. The first-order valence-corrected chi connectivity index (χ1v) is 11.2. The zero-order valence-electron chi connectivity index (χ0n) is 17.3. The second-order valence-corrected chi connectivity index (χ2v) is 8.24. The van der Waals surface area contributed by atoms with Gasteiger partial charge >= 0.3 is 0 Å². The second kappa shape index (κ2) is 10.5. The highest BCUT2D eigenvalue weighted by Crippen LogP contribution is 2.28. The van der Waals surface area contributed by atoms with E-state index in [9.17, 15) is 9.59 Å². The van der Waals surface area contributed by atoms with Crippen molar-refractivity contribution in [2.24, 2.45) is 0 Å². The number of anilines is 2. The normalized spacial score (nSPS) is 17.5. The van der Waals surface area contributed by atoms with E-state index in [0.717, 1.165) is 56.6 Å². The minimum Gasteiger partial charge on any atom is -0.371 e. The molecule has 0 aromatic heterocycles. The predicted molar refractivity (Wildman–Crippen MR) is 115 cm³/mol. The SMILES string of the molecule is CCCCCC(=O)Nc1ccc(N2CCCC2)c(C(=O)NC2CCCCC2)c1. The van der Waals surface area contributed by atoms with E-state index in [4.69, 9.17) is 0 Å². The number of amides is 2. The Bertz CT molecular complexity index is 662. The van der Waals surface area contributed by atoms with Crippen LogP contribution in [0, 0.1) is 0 Å². The molecule has 1 aliphatic heterocycles. The molecule has 2 amide bonds. The molecule has 0 radical (unpaired) electrons. The summed E-state index contributed by atoms with van der Waals surface area (Å²) in [6.45, 7) is 4.12. The molecular formula is C23H35N3O2. The molecule has 2 fully saturated rings. The smallest absolute Gasteiger partial charge is 0.253 e. The lowest BCUT2D eigenvalue weighted by Crippen LogP contribution is -2.37. The van der Waals surface area contributed by atoms with Crippen LogP contribution >= 0.6 is 0 Å². The van der Waals surface area contributed by atoms with Crippen molar-refractivity contribution in [3.8, 4) is 0 Å². The van der Waals surface area contributed by atoms with Crippen LogP contribution in [0.2, 0.25) is 0 Å². The summed E-state index contributed by atoms with van der Waals surface area (Å²) in [6, 6.07) is 6.08. The van der Waals surface area contributed by atoms with E-state index in [1.165, 1.54) is 32.1 Å². The Morgan fingerprint density at radius 2 is 1.79 bits per heavy atom. The summed E-state index contributed by atoms with van der Waals surface area (Å²) in [5.41, 5.74) is 2.41. The van der Waals surface area contributed by atoms with Gasteiger partial charge in [0.05, 0.1) is 5.56 Å². The lowest BCUT2D eigenvalue weighted by atomic mass is 9.95. The van der Waals surface area contributed by atoms with E-state index in [0.29, 0.717) is 12.0 Å². The van der Waals surface area contributed by atoms with Crippen molar-refractivity contribution in [1.29, 1.82) is 0 Å².